The summed E-state index contributed by atoms with van der Waals surface area (Å²) in [6.07, 6.45) is -0.226. The number of hydrogen-bond donors (Lipinski definition) is 0. The van der Waals surface area contributed by atoms with Gasteiger partial charge in [-0.1, -0.05) is 23.2 Å². The van der Waals surface area contributed by atoms with Crippen LogP contribution in [-0.2, 0) is 4.74 Å². The number of carbonyl (C=O) groups excluding carboxylic acids is 1. The predicted octanol–water partition coefficient (Wildman–Crippen LogP) is 3.64. The Balaban J connectivity index is 1.36. The largest absolute Gasteiger partial charge is 0.491 e. The third kappa shape index (κ3) is 4.08. The van der Waals surface area contributed by atoms with Gasteiger partial charge in [0.05, 0.1) is 23.2 Å². The number of hydrogen-bond acceptors (Lipinski definition) is 5. The number of amides is 1. The Morgan fingerprint density at radius 2 is 1.96 bits per heavy atom. The summed E-state index contributed by atoms with van der Waals surface area (Å²) in [4.78, 5) is 14.4. The van der Waals surface area contributed by atoms with Gasteiger partial charge < -0.3 is 23.8 Å². The van der Waals surface area contributed by atoms with Gasteiger partial charge in [-0.2, -0.15) is 0 Å². The number of fused-ring (bicyclic) bond motifs is 1. The van der Waals surface area contributed by atoms with Gasteiger partial charge in [-0.3, -0.25) is 4.79 Å². The maximum Gasteiger partial charge on any atom is 0.254 e. The minimum absolute atomic E-state index is 0.107. The quantitative estimate of drug-likeness (QED) is 0.771. The van der Waals surface area contributed by atoms with Gasteiger partial charge in [0, 0.05) is 18.2 Å². The number of ether oxygens (including phenoxy) is 4. The Morgan fingerprint density at radius 3 is 2.81 bits per heavy atom. The van der Waals surface area contributed by atoms with Crippen LogP contribution in [0.15, 0.2) is 36.4 Å². The molecule has 6 nitrogen and oxygen atoms in total. The number of morpholine rings is 1. The van der Waals surface area contributed by atoms with Crippen molar-refractivity contribution in [2.75, 3.05) is 33.1 Å². The molecule has 0 N–H and O–H groups in total. The van der Waals surface area contributed by atoms with E-state index in [1.165, 1.54) is 0 Å². The molecule has 0 saturated carbocycles. The first-order chi connectivity index (χ1) is 13.1. The lowest BCUT2D eigenvalue weighted by Crippen LogP contribution is -2.47. The lowest BCUT2D eigenvalue weighted by molar-refractivity contribution is -0.0401. The molecular formula is C19H17Cl2NO5. The molecule has 0 radical (unpaired) electrons. The second kappa shape index (κ2) is 7.84. The Bertz CT molecular complexity index is 860. The van der Waals surface area contributed by atoms with Gasteiger partial charge in [0.25, 0.3) is 5.91 Å². The third-order valence-electron chi connectivity index (χ3n) is 4.37. The summed E-state index contributed by atoms with van der Waals surface area (Å²) in [5, 5.41) is 0.781. The van der Waals surface area contributed by atoms with Crippen molar-refractivity contribution in [2.24, 2.45) is 0 Å². The van der Waals surface area contributed by atoms with E-state index < -0.39 is 0 Å². The Morgan fingerprint density at radius 1 is 1.11 bits per heavy atom. The monoisotopic (exact) mass is 409 g/mol. The number of carbonyl (C=O) groups is 1. The van der Waals surface area contributed by atoms with Crippen molar-refractivity contribution < 1.29 is 23.7 Å². The first-order valence-electron chi connectivity index (χ1n) is 8.48. The molecule has 0 aliphatic carbocycles. The number of benzene rings is 2. The van der Waals surface area contributed by atoms with Crippen molar-refractivity contribution in [1.82, 2.24) is 4.90 Å². The van der Waals surface area contributed by atoms with Crippen molar-refractivity contribution in [2.45, 2.75) is 6.10 Å². The van der Waals surface area contributed by atoms with Crippen molar-refractivity contribution >= 4 is 29.1 Å². The zero-order chi connectivity index (χ0) is 18.8. The molecule has 2 aliphatic rings. The third-order valence-corrected chi connectivity index (χ3v) is 5.11. The molecule has 1 saturated heterocycles. The molecule has 2 heterocycles. The predicted molar refractivity (Wildman–Crippen MR) is 100 cm³/mol. The topological polar surface area (TPSA) is 57.2 Å². The Labute approximate surface area is 166 Å². The zero-order valence-electron chi connectivity index (χ0n) is 14.3. The van der Waals surface area contributed by atoms with Crippen LogP contribution >= 0.6 is 23.2 Å². The molecule has 1 atom stereocenters. The summed E-state index contributed by atoms with van der Waals surface area (Å²) in [6.45, 7) is 1.94. The molecule has 27 heavy (non-hydrogen) atoms. The van der Waals surface area contributed by atoms with Crippen LogP contribution in [0.1, 0.15) is 10.4 Å². The van der Waals surface area contributed by atoms with Crippen molar-refractivity contribution in [1.29, 1.82) is 0 Å². The van der Waals surface area contributed by atoms with Crippen LogP contribution in [0.5, 0.6) is 17.2 Å². The average Bonchev–Trinajstić information content (AvgIpc) is 3.16. The van der Waals surface area contributed by atoms with Crippen LogP contribution in [0.3, 0.4) is 0 Å². The lowest BCUT2D eigenvalue weighted by atomic mass is 10.1. The standard InChI is InChI=1S/C19H17Cl2NO5/c20-15-3-1-12(7-16(15)21)19(23)22-5-6-24-14(9-22)10-25-13-2-4-17-18(8-13)27-11-26-17/h1-4,7-8,14H,5-6,9-11H2. The summed E-state index contributed by atoms with van der Waals surface area (Å²) < 4.78 is 22.2. The van der Waals surface area contributed by atoms with Gasteiger partial charge in [-0.25, -0.2) is 0 Å². The van der Waals surface area contributed by atoms with Crippen LogP contribution in [0, 0.1) is 0 Å². The lowest BCUT2D eigenvalue weighted by Gasteiger charge is -2.33. The van der Waals surface area contributed by atoms with E-state index in [1.807, 2.05) is 6.07 Å². The molecule has 2 aromatic carbocycles. The fourth-order valence-electron chi connectivity index (χ4n) is 2.97. The molecule has 2 aromatic rings. The van der Waals surface area contributed by atoms with Crippen LogP contribution in [0.25, 0.3) is 0 Å². The van der Waals surface area contributed by atoms with Crippen molar-refractivity contribution in [3.05, 3.63) is 52.0 Å². The highest BCUT2D eigenvalue weighted by Crippen LogP contribution is 2.35. The summed E-state index contributed by atoms with van der Waals surface area (Å²) in [5.41, 5.74) is 0.502. The maximum absolute atomic E-state index is 12.7. The molecule has 8 heteroatoms. The summed E-state index contributed by atoms with van der Waals surface area (Å²) in [6, 6.07) is 10.3. The van der Waals surface area contributed by atoms with Crippen molar-refractivity contribution in [3.8, 4) is 17.2 Å². The molecule has 0 bridgehead atoms. The summed E-state index contributed by atoms with van der Waals surface area (Å²) in [5.74, 6) is 1.92. The first-order valence-corrected chi connectivity index (χ1v) is 9.24. The molecule has 2 aliphatic heterocycles. The van der Waals surface area contributed by atoms with E-state index >= 15 is 0 Å². The van der Waals surface area contributed by atoms with Crippen LogP contribution in [0.2, 0.25) is 10.0 Å². The molecule has 1 amide bonds. The van der Waals surface area contributed by atoms with Gasteiger partial charge in [0.2, 0.25) is 6.79 Å². The smallest absolute Gasteiger partial charge is 0.254 e. The first kappa shape index (κ1) is 18.2. The second-order valence-corrected chi connectivity index (χ2v) is 7.01. The van der Waals surface area contributed by atoms with Gasteiger partial charge in [0.1, 0.15) is 18.5 Å². The van der Waals surface area contributed by atoms with Crippen LogP contribution < -0.4 is 14.2 Å². The number of rotatable bonds is 4. The van der Waals surface area contributed by atoms with Crippen molar-refractivity contribution in [3.63, 3.8) is 0 Å². The van der Waals surface area contributed by atoms with E-state index in [0.717, 1.165) is 0 Å². The van der Waals surface area contributed by atoms with E-state index in [2.05, 4.69) is 0 Å². The molecule has 0 aromatic heterocycles. The molecular weight excluding hydrogens is 393 g/mol. The number of nitrogens with zero attached hydrogens (tertiary/aromatic N) is 1. The van der Waals surface area contributed by atoms with E-state index in [4.69, 9.17) is 42.1 Å². The number of halogens is 2. The maximum atomic E-state index is 12.7. The highest BCUT2D eigenvalue weighted by molar-refractivity contribution is 6.42. The van der Waals surface area contributed by atoms with E-state index in [9.17, 15) is 4.79 Å². The van der Waals surface area contributed by atoms with E-state index in [1.54, 1.807) is 35.2 Å². The second-order valence-electron chi connectivity index (χ2n) is 6.20. The highest BCUT2D eigenvalue weighted by atomic mass is 35.5. The van der Waals surface area contributed by atoms with Crippen LogP contribution in [0.4, 0.5) is 0 Å². The van der Waals surface area contributed by atoms with E-state index in [0.29, 0.717) is 59.2 Å². The van der Waals surface area contributed by atoms with Gasteiger partial charge in [-0.05, 0) is 30.3 Å². The zero-order valence-corrected chi connectivity index (χ0v) is 15.8. The Hall–Kier alpha value is -2.15. The van der Waals surface area contributed by atoms with E-state index in [-0.39, 0.29) is 18.8 Å². The fourth-order valence-corrected chi connectivity index (χ4v) is 3.27. The van der Waals surface area contributed by atoms with Crippen LogP contribution in [-0.4, -0.2) is 50.0 Å². The summed E-state index contributed by atoms with van der Waals surface area (Å²) in [7, 11) is 0. The fraction of sp³-hybridized carbons (Fsp3) is 0.316. The normalized spacial score (nSPS) is 18.4. The van der Waals surface area contributed by atoms with Gasteiger partial charge >= 0.3 is 0 Å². The van der Waals surface area contributed by atoms with Gasteiger partial charge in [-0.15, -0.1) is 0 Å². The molecule has 142 valence electrons. The van der Waals surface area contributed by atoms with Gasteiger partial charge in [0.15, 0.2) is 11.5 Å². The minimum atomic E-state index is -0.226. The average molecular weight is 410 g/mol. The SMILES string of the molecule is O=C(c1ccc(Cl)c(Cl)c1)N1CCOC(COc2ccc3c(c2)OCO3)C1. The molecule has 1 unspecified atom stereocenters. The highest BCUT2D eigenvalue weighted by Gasteiger charge is 2.26. The molecule has 4 rings (SSSR count). The molecule has 0 spiro atoms. The summed E-state index contributed by atoms with van der Waals surface area (Å²) >= 11 is 11.9. The molecule has 1 fully saturated rings. The Kier molecular flexibility index (Phi) is 5.29. The minimum Gasteiger partial charge on any atom is -0.491 e.